The Labute approximate surface area is 78.9 Å². The van der Waals surface area contributed by atoms with Crippen molar-refractivity contribution in [3.8, 4) is 0 Å². The minimum atomic E-state index is -0.146. The fraction of sp³-hybridized carbons (Fsp3) is 0.889. The summed E-state index contributed by atoms with van der Waals surface area (Å²) in [5.41, 5.74) is 0. The third-order valence-corrected chi connectivity index (χ3v) is 3.06. The molecule has 0 aromatic heterocycles. The topological polar surface area (TPSA) is 20.3 Å². The first kappa shape index (κ1) is 10.0. The number of halogens is 1. The van der Waals surface area contributed by atoms with Crippen LogP contribution in [0.2, 0.25) is 0 Å². The van der Waals surface area contributed by atoms with Crippen LogP contribution in [-0.4, -0.2) is 30.3 Å². The first-order valence-electron chi connectivity index (χ1n) is 4.47. The van der Waals surface area contributed by atoms with Gasteiger partial charge in [0, 0.05) is 12.0 Å². The molecule has 0 aliphatic heterocycles. The number of carbonyl (C=O) groups is 1. The van der Waals surface area contributed by atoms with Gasteiger partial charge in [-0.15, -0.1) is 0 Å². The summed E-state index contributed by atoms with van der Waals surface area (Å²) in [6, 6.07) is 0.650. The molecule has 0 aromatic carbocycles. The Bertz CT molecular complexity index is 162. The lowest BCUT2D eigenvalue weighted by Crippen LogP contribution is -2.33. The molecule has 0 atom stereocenters. The lowest BCUT2D eigenvalue weighted by molar-refractivity contribution is -0.116. The van der Waals surface area contributed by atoms with Crippen molar-refractivity contribution in [1.29, 1.82) is 0 Å². The summed E-state index contributed by atoms with van der Waals surface area (Å²) in [5.74, 6) is 0.128. The van der Waals surface area contributed by atoms with Gasteiger partial charge in [0.15, 0.2) is 0 Å². The number of carbonyl (C=O) groups excluding carboxylic acids is 1. The molecule has 1 aliphatic carbocycles. The van der Waals surface area contributed by atoms with Gasteiger partial charge in [0.1, 0.15) is 0 Å². The van der Waals surface area contributed by atoms with Crippen LogP contribution in [0.5, 0.6) is 0 Å². The van der Waals surface area contributed by atoms with Crippen LogP contribution in [0.25, 0.3) is 0 Å². The molecule has 0 N–H and O–H groups in total. The van der Waals surface area contributed by atoms with Crippen LogP contribution in [0, 0.1) is 5.92 Å². The molecule has 0 bridgehead atoms. The fourth-order valence-electron chi connectivity index (χ4n) is 1.82. The quantitative estimate of drug-likeness (QED) is 0.619. The van der Waals surface area contributed by atoms with E-state index >= 15 is 0 Å². The van der Waals surface area contributed by atoms with E-state index in [0.717, 1.165) is 25.7 Å². The highest BCUT2D eigenvalue weighted by Crippen LogP contribution is 2.27. The van der Waals surface area contributed by atoms with E-state index in [-0.39, 0.29) is 11.2 Å². The molecule has 0 unspecified atom stereocenters. The lowest BCUT2D eigenvalue weighted by Gasteiger charge is -2.30. The molecule has 0 saturated heterocycles. The predicted octanol–water partition coefficient (Wildman–Crippen LogP) is 1.87. The zero-order chi connectivity index (χ0) is 9.14. The normalized spacial score (nSPS) is 30.7. The summed E-state index contributed by atoms with van der Waals surface area (Å²) in [6.45, 7) is 0. The fourth-order valence-corrected chi connectivity index (χ4v) is 2.04. The van der Waals surface area contributed by atoms with Gasteiger partial charge in [0.2, 0.25) is 5.24 Å². The first-order chi connectivity index (χ1) is 5.61. The number of hydrogen-bond acceptors (Lipinski definition) is 2. The zero-order valence-corrected chi connectivity index (χ0v) is 8.47. The molecule has 0 spiro atoms. The van der Waals surface area contributed by atoms with Crippen molar-refractivity contribution >= 4 is 16.8 Å². The van der Waals surface area contributed by atoms with E-state index < -0.39 is 0 Å². The first-order valence-corrected chi connectivity index (χ1v) is 4.85. The summed E-state index contributed by atoms with van der Waals surface area (Å²) in [5, 5.41) is -0.146. The second-order valence-corrected chi connectivity index (χ2v) is 4.15. The molecule has 1 saturated carbocycles. The molecule has 2 nitrogen and oxygen atoms in total. The molecule has 0 aromatic rings. The molecule has 1 aliphatic rings. The molecule has 1 fully saturated rings. The van der Waals surface area contributed by atoms with Gasteiger partial charge in [-0.1, -0.05) is 0 Å². The highest BCUT2D eigenvalue weighted by atomic mass is 35.5. The minimum absolute atomic E-state index is 0.128. The van der Waals surface area contributed by atoms with Gasteiger partial charge >= 0.3 is 0 Å². The predicted molar refractivity (Wildman–Crippen MR) is 50.3 cm³/mol. The van der Waals surface area contributed by atoms with Crippen LogP contribution < -0.4 is 0 Å². The Morgan fingerprint density at radius 3 is 2.08 bits per heavy atom. The molecule has 1 rings (SSSR count). The Kier molecular flexibility index (Phi) is 3.53. The average molecular weight is 190 g/mol. The van der Waals surface area contributed by atoms with Crippen molar-refractivity contribution in [2.75, 3.05) is 14.1 Å². The van der Waals surface area contributed by atoms with E-state index in [1.807, 2.05) is 0 Å². The van der Waals surface area contributed by atoms with Crippen LogP contribution in [0.15, 0.2) is 0 Å². The van der Waals surface area contributed by atoms with Crippen molar-refractivity contribution in [2.24, 2.45) is 5.92 Å². The SMILES string of the molecule is CN(C)[C@H]1CC[C@@H](C(=O)Cl)CC1. The second kappa shape index (κ2) is 4.24. The highest BCUT2D eigenvalue weighted by Gasteiger charge is 2.25. The Hall–Kier alpha value is -0.0800. The third-order valence-electron chi connectivity index (χ3n) is 2.75. The maximum absolute atomic E-state index is 10.8. The van der Waals surface area contributed by atoms with Gasteiger partial charge in [-0.25, -0.2) is 0 Å². The minimum Gasteiger partial charge on any atom is -0.306 e. The molecule has 12 heavy (non-hydrogen) atoms. The highest BCUT2D eigenvalue weighted by molar-refractivity contribution is 6.63. The van der Waals surface area contributed by atoms with Crippen LogP contribution in [0.3, 0.4) is 0 Å². The summed E-state index contributed by atoms with van der Waals surface area (Å²) in [4.78, 5) is 13.1. The van der Waals surface area contributed by atoms with Gasteiger partial charge in [-0.05, 0) is 51.4 Å². The third kappa shape index (κ3) is 2.46. The smallest absolute Gasteiger partial charge is 0.224 e. The van der Waals surface area contributed by atoms with Crippen LogP contribution in [-0.2, 0) is 4.79 Å². The Morgan fingerprint density at radius 1 is 1.25 bits per heavy atom. The Morgan fingerprint density at radius 2 is 1.75 bits per heavy atom. The number of nitrogens with zero attached hydrogens (tertiary/aromatic N) is 1. The van der Waals surface area contributed by atoms with Gasteiger partial charge < -0.3 is 4.90 Å². The molecule has 0 radical (unpaired) electrons. The molecule has 0 heterocycles. The van der Waals surface area contributed by atoms with Crippen molar-refractivity contribution < 1.29 is 4.79 Å². The van der Waals surface area contributed by atoms with Crippen molar-refractivity contribution in [1.82, 2.24) is 4.90 Å². The van der Waals surface area contributed by atoms with Crippen molar-refractivity contribution in [3.63, 3.8) is 0 Å². The van der Waals surface area contributed by atoms with E-state index in [4.69, 9.17) is 11.6 Å². The summed E-state index contributed by atoms with van der Waals surface area (Å²) in [6.07, 6.45) is 4.14. The zero-order valence-electron chi connectivity index (χ0n) is 7.72. The largest absolute Gasteiger partial charge is 0.306 e. The Balaban J connectivity index is 2.34. The second-order valence-electron chi connectivity index (χ2n) is 3.77. The van der Waals surface area contributed by atoms with E-state index in [0.29, 0.717) is 6.04 Å². The molecule has 70 valence electrons. The van der Waals surface area contributed by atoms with Crippen molar-refractivity contribution in [3.05, 3.63) is 0 Å². The summed E-state index contributed by atoms with van der Waals surface area (Å²) in [7, 11) is 4.18. The van der Waals surface area contributed by atoms with E-state index in [2.05, 4.69) is 19.0 Å². The maximum Gasteiger partial charge on any atom is 0.224 e. The molecular weight excluding hydrogens is 174 g/mol. The van der Waals surface area contributed by atoms with Crippen molar-refractivity contribution in [2.45, 2.75) is 31.7 Å². The summed E-state index contributed by atoms with van der Waals surface area (Å²) >= 11 is 5.43. The van der Waals surface area contributed by atoms with Crippen LogP contribution in [0.4, 0.5) is 0 Å². The standard InChI is InChI=1S/C9H16ClNO/c1-11(2)8-5-3-7(4-6-8)9(10)12/h7-8H,3-6H2,1-2H3/t7-,8+. The van der Waals surface area contributed by atoms with E-state index in [1.165, 1.54) is 0 Å². The maximum atomic E-state index is 10.8. The van der Waals surface area contributed by atoms with E-state index in [1.54, 1.807) is 0 Å². The monoisotopic (exact) mass is 189 g/mol. The van der Waals surface area contributed by atoms with E-state index in [9.17, 15) is 4.79 Å². The van der Waals surface area contributed by atoms with Gasteiger partial charge in [0.05, 0.1) is 0 Å². The lowest BCUT2D eigenvalue weighted by atomic mass is 9.86. The van der Waals surface area contributed by atoms with Gasteiger partial charge in [-0.3, -0.25) is 4.79 Å². The van der Waals surface area contributed by atoms with Crippen LogP contribution >= 0.6 is 11.6 Å². The number of hydrogen-bond donors (Lipinski definition) is 0. The van der Waals surface area contributed by atoms with Gasteiger partial charge in [0.25, 0.3) is 0 Å². The molecule has 0 amide bonds. The van der Waals surface area contributed by atoms with Gasteiger partial charge in [-0.2, -0.15) is 0 Å². The average Bonchev–Trinajstić information content (AvgIpc) is 2.04. The summed E-state index contributed by atoms with van der Waals surface area (Å²) < 4.78 is 0. The number of rotatable bonds is 2. The molecular formula is C9H16ClNO. The van der Waals surface area contributed by atoms with Crippen LogP contribution in [0.1, 0.15) is 25.7 Å². The molecule has 3 heteroatoms.